The van der Waals surface area contributed by atoms with Crippen molar-refractivity contribution in [1.29, 1.82) is 0 Å². The molecule has 0 bridgehead atoms. The Bertz CT molecular complexity index is 596. The van der Waals surface area contributed by atoms with Crippen molar-refractivity contribution in [2.45, 2.75) is 63.6 Å². The van der Waals surface area contributed by atoms with Gasteiger partial charge < -0.3 is 25.8 Å². The number of primary amides is 1. The van der Waals surface area contributed by atoms with E-state index in [1.54, 1.807) is 6.07 Å². The third-order valence-corrected chi connectivity index (χ3v) is 5.09. The Morgan fingerprint density at radius 1 is 1.23 bits per heavy atom. The van der Waals surface area contributed by atoms with E-state index in [-0.39, 0.29) is 6.04 Å². The molecule has 7 heteroatoms. The second-order valence-electron chi connectivity index (χ2n) is 7.09. The molecular formula is C19H30N4O3. The molecule has 1 saturated heterocycles. The molecule has 26 heavy (non-hydrogen) atoms. The smallest absolute Gasteiger partial charge is 0.252 e. The molecule has 0 radical (unpaired) electrons. The summed E-state index contributed by atoms with van der Waals surface area (Å²) in [6, 6.07) is 4.11. The summed E-state index contributed by atoms with van der Waals surface area (Å²) < 4.78 is 11.2. The van der Waals surface area contributed by atoms with Crippen LogP contribution in [0.2, 0.25) is 0 Å². The van der Waals surface area contributed by atoms with E-state index in [0.717, 1.165) is 57.6 Å². The maximum Gasteiger partial charge on any atom is 0.252 e. The number of hydrogen-bond acceptors (Lipinski definition) is 6. The number of rotatable bonds is 7. The molecule has 1 aliphatic carbocycles. The zero-order valence-electron chi connectivity index (χ0n) is 15.5. The second kappa shape index (κ2) is 9.19. The summed E-state index contributed by atoms with van der Waals surface area (Å²) in [5.41, 5.74) is 5.93. The maximum atomic E-state index is 11.7. The molecule has 2 fully saturated rings. The van der Waals surface area contributed by atoms with Crippen LogP contribution in [0.5, 0.6) is 0 Å². The lowest BCUT2D eigenvalue weighted by atomic mass is 9.93. The van der Waals surface area contributed by atoms with Gasteiger partial charge in [0.25, 0.3) is 5.91 Å². The van der Waals surface area contributed by atoms with Crippen LogP contribution in [-0.4, -0.2) is 48.9 Å². The number of pyridine rings is 1. The van der Waals surface area contributed by atoms with Gasteiger partial charge in [0.1, 0.15) is 11.6 Å². The normalized spacial score (nSPS) is 26.3. The first-order valence-corrected chi connectivity index (χ1v) is 9.69. The van der Waals surface area contributed by atoms with Gasteiger partial charge in [-0.05, 0) is 57.6 Å². The van der Waals surface area contributed by atoms with E-state index in [1.807, 2.05) is 13.0 Å². The minimum Gasteiger partial charge on any atom is -0.379 e. The van der Waals surface area contributed by atoms with Gasteiger partial charge >= 0.3 is 0 Å². The van der Waals surface area contributed by atoms with Gasteiger partial charge in [0.2, 0.25) is 0 Å². The van der Waals surface area contributed by atoms with Crippen molar-refractivity contribution in [1.82, 2.24) is 4.98 Å². The fourth-order valence-electron chi connectivity index (χ4n) is 3.71. The molecule has 0 aromatic carbocycles. The van der Waals surface area contributed by atoms with E-state index < -0.39 is 5.91 Å². The van der Waals surface area contributed by atoms with E-state index >= 15 is 0 Å². The van der Waals surface area contributed by atoms with Gasteiger partial charge in [-0.2, -0.15) is 0 Å². The maximum absolute atomic E-state index is 11.7. The topological polar surface area (TPSA) is 98.5 Å². The second-order valence-corrected chi connectivity index (χ2v) is 7.09. The number of aromatic nitrogens is 1. The van der Waals surface area contributed by atoms with Crippen LogP contribution in [0, 0.1) is 0 Å². The summed E-state index contributed by atoms with van der Waals surface area (Å²) in [6.45, 7) is 4.23. The Kier molecular flexibility index (Phi) is 6.68. The van der Waals surface area contributed by atoms with Crippen LogP contribution in [0.4, 0.5) is 11.6 Å². The first-order chi connectivity index (χ1) is 12.7. The van der Waals surface area contributed by atoms with Crippen molar-refractivity contribution in [2.24, 2.45) is 5.73 Å². The summed E-state index contributed by atoms with van der Waals surface area (Å²) in [4.78, 5) is 16.4. The highest BCUT2D eigenvalue weighted by Crippen LogP contribution is 2.25. The van der Waals surface area contributed by atoms with Crippen LogP contribution in [0.3, 0.4) is 0 Å². The largest absolute Gasteiger partial charge is 0.379 e. The van der Waals surface area contributed by atoms with Crippen LogP contribution in [0.1, 0.15) is 55.8 Å². The quantitative estimate of drug-likeness (QED) is 0.689. The fourth-order valence-corrected chi connectivity index (χ4v) is 3.71. The van der Waals surface area contributed by atoms with Gasteiger partial charge in [0.05, 0.1) is 24.3 Å². The Labute approximate surface area is 155 Å². The molecule has 7 nitrogen and oxygen atoms in total. The van der Waals surface area contributed by atoms with Crippen LogP contribution in [0.15, 0.2) is 12.1 Å². The first kappa shape index (κ1) is 18.9. The lowest BCUT2D eigenvalue weighted by molar-refractivity contribution is 0.0346. The first-order valence-electron chi connectivity index (χ1n) is 9.69. The molecule has 1 aliphatic heterocycles. The van der Waals surface area contributed by atoms with Gasteiger partial charge in [0, 0.05) is 19.3 Å². The molecule has 2 aliphatic rings. The highest BCUT2D eigenvalue weighted by molar-refractivity contribution is 5.97. The lowest BCUT2D eigenvalue weighted by Crippen LogP contribution is -2.32. The summed E-state index contributed by atoms with van der Waals surface area (Å²) in [5.74, 6) is 0.843. The highest BCUT2D eigenvalue weighted by atomic mass is 16.5. The average molecular weight is 362 g/mol. The summed E-state index contributed by atoms with van der Waals surface area (Å²) in [7, 11) is 0. The number of anilines is 2. The third-order valence-electron chi connectivity index (χ3n) is 5.09. The number of amides is 1. The Morgan fingerprint density at radius 3 is 2.69 bits per heavy atom. The third kappa shape index (κ3) is 5.08. The minimum atomic E-state index is -0.472. The average Bonchev–Trinajstić information content (AvgIpc) is 2.64. The van der Waals surface area contributed by atoms with Gasteiger partial charge in [0.15, 0.2) is 0 Å². The van der Waals surface area contributed by atoms with Crippen LogP contribution < -0.4 is 16.4 Å². The number of carbonyl (C=O) groups is 1. The number of nitrogens with zero attached hydrogens (tertiary/aromatic N) is 1. The molecular weight excluding hydrogens is 332 g/mol. The molecule has 144 valence electrons. The molecule has 3 rings (SSSR count). The SMILES string of the molecule is CCOC1CCC(Nc2ccc(C(N)=O)c(N[C@@H]3CCCOC3)n2)CC1. The monoisotopic (exact) mass is 362 g/mol. The van der Waals surface area contributed by atoms with Crippen LogP contribution in [0.25, 0.3) is 0 Å². The van der Waals surface area contributed by atoms with E-state index in [9.17, 15) is 4.79 Å². The number of ether oxygens (including phenoxy) is 2. The molecule has 1 saturated carbocycles. The van der Waals surface area contributed by atoms with E-state index in [4.69, 9.17) is 15.2 Å². The predicted molar refractivity (Wildman–Crippen MR) is 102 cm³/mol. The van der Waals surface area contributed by atoms with Gasteiger partial charge in [-0.15, -0.1) is 0 Å². The van der Waals surface area contributed by atoms with E-state index in [1.165, 1.54) is 0 Å². The molecule has 1 aromatic heterocycles. The molecule has 0 unspecified atom stereocenters. The van der Waals surface area contributed by atoms with E-state index in [0.29, 0.717) is 30.1 Å². The molecule has 1 aromatic rings. The Hall–Kier alpha value is -1.86. The van der Waals surface area contributed by atoms with Crippen molar-refractivity contribution in [3.63, 3.8) is 0 Å². The number of nitrogens with two attached hydrogens (primary N) is 1. The standard InChI is InChI=1S/C19H30N4O3/c1-2-26-15-7-5-13(6-8-15)21-17-10-9-16(18(20)24)19(23-17)22-14-4-3-11-25-12-14/h9-10,13-15H,2-8,11-12H2,1H3,(H2,20,24)(H2,21,22,23)/t13?,14-,15?/m1/s1. The zero-order chi connectivity index (χ0) is 18.4. The Balaban J connectivity index is 1.64. The highest BCUT2D eigenvalue weighted by Gasteiger charge is 2.22. The lowest BCUT2D eigenvalue weighted by Gasteiger charge is -2.29. The fraction of sp³-hybridized carbons (Fsp3) is 0.684. The van der Waals surface area contributed by atoms with Gasteiger partial charge in [-0.3, -0.25) is 4.79 Å². The van der Waals surface area contributed by atoms with Crippen molar-refractivity contribution in [3.05, 3.63) is 17.7 Å². The van der Waals surface area contributed by atoms with Crippen molar-refractivity contribution in [2.75, 3.05) is 30.5 Å². The number of nitrogens with one attached hydrogen (secondary N) is 2. The molecule has 0 spiro atoms. The molecule has 1 atom stereocenters. The molecule has 1 amide bonds. The minimum absolute atomic E-state index is 0.159. The van der Waals surface area contributed by atoms with Gasteiger partial charge in [-0.25, -0.2) is 4.98 Å². The predicted octanol–water partition coefficient (Wildman–Crippen LogP) is 2.53. The summed E-state index contributed by atoms with van der Waals surface area (Å²) in [6.07, 6.45) is 6.63. The zero-order valence-corrected chi connectivity index (χ0v) is 15.5. The van der Waals surface area contributed by atoms with Crippen LogP contribution >= 0.6 is 0 Å². The molecule has 4 N–H and O–H groups in total. The van der Waals surface area contributed by atoms with Gasteiger partial charge in [-0.1, -0.05) is 0 Å². The summed E-state index contributed by atoms with van der Waals surface area (Å²) in [5, 5.41) is 6.83. The summed E-state index contributed by atoms with van der Waals surface area (Å²) >= 11 is 0. The van der Waals surface area contributed by atoms with E-state index in [2.05, 4.69) is 15.6 Å². The number of carbonyl (C=O) groups excluding carboxylic acids is 1. The Morgan fingerprint density at radius 2 is 2.04 bits per heavy atom. The van der Waals surface area contributed by atoms with Crippen molar-refractivity contribution < 1.29 is 14.3 Å². The molecule has 2 heterocycles. The van der Waals surface area contributed by atoms with Crippen LogP contribution in [-0.2, 0) is 9.47 Å². The van der Waals surface area contributed by atoms with Crippen molar-refractivity contribution >= 4 is 17.5 Å². The number of hydrogen-bond donors (Lipinski definition) is 3. The van der Waals surface area contributed by atoms with Crippen molar-refractivity contribution in [3.8, 4) is 0 Å².